The normalized spacial score (nSPS) is 28.9. The summed E-state index contributed by atoms with van der Waals surface area (Å²) in [5, 5.41) is 7.46. The highest BCUT2D eigenvalue weighted by molar-refractivity contribution is 5.95. The first kappa shape index (κ1) is 11.0. The number of piperidine rings is 1. The van der Waals surface area contributed by atoms with E-state index in [-0.39, 0.29) is 11.9 Å². The first-order valence-corrected chi connectivity index (χ1v) is 6.67. The van der Waals surface area contributed by atoms with Gasteiger partial charge in [-0.3, -0.25) is 9.78 Å². The first-order valence-electron chi connectivity index (χ1n) is 6.67. The Hall–Kier alpha value is -1.88. The van der Waals surface area contributed by atoms with Crippen molar-refractivity contribution in [1.82, 2.24) is 15.6 Å². The molecule has 1 amide bonds. The minimum absolute atomic E-state index is 0.101. The molecular formula is C14H15N3O2. The number of furan rings is 1. The van der Waals surface area contributed by atoms with Crippen LogP contribution in [0, 0.1) is 5.92 Å². The van der Waals surface area contributed by atoms with Crippen LogP contribution in [0.25, 0.3) is 11.0 Å². The summed E-state index contributed by atoms with van der Waals surface area (Å²) >= 11 is 0. The lowest BCUT2D eigenvalue weighted by molar-refractivity contribution is 0.0920. The molecule has 1 aliphatic carbocycles. The molecule has 2 aliphatic rings. The van der Waals surface area contributed by atoms with Crippen LogP contribution in [-0.4, -0.2) is 29.5 Å². The molecular weight excluding hydrogens is 242 g/mol. The van der Waals surface area contributed by atoms with E-state index in [9.17, 15) is 4.79 Å². The third-order valence-electron chi connectivity index (χ3n) is 4.25. The Morgan fingerprint density at radius 3 is 3.21 bits per heavy atom. The third kappa shape index (κ3) is 1.81. The van der Waals surface area contributed by atoms with Crippen molar-refractivity contribution in [3.05, 3.63) is 30.3 Å². The monoisotopic (exact) mass is 257 g/mol. The number of nitrogens with zero attached hydrogens (tertiary/aromatic N) is 1. The minimum atomic E-state index is -0.101. The molecule has 1 saturated carbocycles. The van der Waals surface area contributed by atoms with Crippen LogP contribution in [0.5, 0.6) is 0 Å². The van der Waals surface area contributed by atoms with Crippen molar-refractivity contribution in [3.63, 3.8) is 0 Å². The lowest BCUT2D eigenvalue weighted by Crippen LogP contribution is -2.44. The zero-order valence-corrected chi connectivity index (χ0v) is 10.4. The molecule has 5 nitrogen and oxygen atoms in total. The van der Waals surface area contributed by atoms with Gasteiger partial charge in [0, 0.05) is 36.3 Å². The van der Waals surface area contributed by atoms with Gasteiger partial charge in [-0.15, -0.1) is 0 Å². The zero-order chi connectivity index (χ0) is 12.8. The number of amides is 1. The molecule has 2 aromatic heterocycles. The lowest BCUT2D eigenvalue weighted by Gasteiger charge is -2.23. The van der Waals surface area contributed by atoms with Crippen molar-refractivity contribution in [1.29, 1.82) is 0 Å². The van der Waals surface area contributed by atoms with Crippen molar-refractivity contribution in [3.8, 4) is 0 Å². The van der Waals surface area contributed by atoms with E-state index in [1.165, 1.54) is 6.42 Å². The molecule has 1 aliphatic heterocycles. The number of aromatic nitrogens is 1. The van der Waals surface area contributed by atoms with Gasteiger partial charge in [-0.2, -0.15) is 0 Å². The molecule has 4 rings (SSSR count). The Balaban J connectivity index is 1.53. The van der Waals surface area contributed by atoms with Crippen LogP contribution in [0.15, 0.2) is 29.0 Å². The molecule has 2 fully saturated rings. The van der Waals surface area contributed by atoms with Crippen molar-refractivity contribution in [2.24, 2.45) is 5.92 Å². The fraction of sp³-hybridized carbons (Fsp3) is 0.429. The Morgan fingerprint density at radius 1 is 1.47 bits per heavy atom. The molecule has 2 aromatic rings. The molecule has 5 heteroatoms. The Bertz CT molecular complexity index is 636. The highest BCUT2D eigenvalue weighted by atomic mass is 16.3. The van der Waals surface area contributed by atoms with Gasteiger partial charge in [0.2, 0.25) is 0 Å². The van der Waals surface area contributed by atoms with Gasteiger partial charge in [-0.1, -0.05) is 0 Å². The van der Waals surface area contributed by atoms with Crippen LogP contribution in [0.2, 0.25) is 0 Å². The van der Waals surface area contributed by atoms with E-state index in [4.69, 9.17) is 4.42 Å². The SMILES string of the molecule is O=C(NC1CC2CC1CN2)c1cc2occc2cn1. The van der Waals surface area contributed by atoms with Gasteiger partial charge in [0.25, 0.3) is 5.91 Å². The smallest absolute Gasteiger partial charge is 0.270 e. The molecule has 0 radical (unpaired) electrons. The number of carbonyl (C=O) groups is 1. The van der Waals surface area contributed by atoms with Crippen molar-refractivity contribution >= 4 is 16.9 Å². The molecule has 0 spiro atoms. The van der Waals surface area contributed by atoms with E-state index in [2.05, 4.69) is 15.6 Å². The molecule has 1 saturated heterocycles. The number of carbonyl (C=O) groups excluding carboxylic acids is 1. The van der Waals surface area contributed by atoms with Crippen LogP contribution in [0.3, 0.4) is 0 Å². The van der Waals surface area contributed by atoms with Crippen LogP contribution in [0.1, 0.15) is 23.3 Å². The summed E-state index contributed by atoms with van der Waals surface area (Å²) in [6, 6.07) is 4.41. The van der Waals surface area contributed by atoms with Crippen molar-refractivity contribution < 1.29 is 9.21 Å². The zero-order valence-electron chi connectivity index (χ0n) is 10.4. The number of nitrogens with one attached hydrogen (secondary N) is 2. The number of rotatable bonds is 2. The molecule has 2 bridgehead atoms. The number of fused-ring (bicyclic) bond motifs is 3. The molecule has 3 unspecified atom stereocenters. The van der Waals surface area contributed by atoms with Crippen LogP contribution in [-0.2, 0) is 0 Å². The van der Waals surface area contributed by atoms with Gasteiger partial charge in [0.15, 0.2) is 0 Å². The lowest BCUT2D eigenvalue weighted by atomic mass is 10.0. The Morgan fingerprint density at radius 2 is 2.42 bits per heavy atom. The van der Waals surface area contributed by atoms with Gasteiger partial charge in [-0.05, 0) is 24.8 Å². The van der Waals surface area contributed by atoms with Gasteiger partial charge >= 0.3 is 0 Å². The Kier molecular flexibility index (Phi) is 2.35. The second kappa shape index (κ2) is 4.06. The maximum absolute atomic E-state index is 12.2. The van der Waals surface area contributed by atoms with E-state index >= 15 is 0 Å². The highest BCUT2D eigenvalue weighted by Crippen LogP contribution is 2.31. The van der Waals surface area contributed by atoms with E-state index in [1.54, 1.807) is 18.5 Å². The van der Waals surface area contributed by atoms with Crippen molar-refractivity contribution in [2.75, 3.05) is 6.54 Å². The summed E-state index contributed by atoms with van der Waals surface area (Å²) in [6.07, 6.45) is 5.49. The predicted molar refractivity (Wildman–Crippen MR) is 69.8 cm³/mol. The first-order chi connectivity index (χ1) is 9.29. The molecule has 2 N–H and O–H groups in total. The predicted octanol–water partition coefficient (Wildman–Crippen LogP) is 1.31. The fourth-order valence-corrected chi connectivity index (χ4v) is 3.23. The third-order valence-corrected chi connectivity index (χ3v) is 4.25. The second-order valence-corrected chi connectivity index (χ2v) is 5.44. The summed E-state index contributed by atoms with van der Waals surface area (Å²) < 4.78 is 5.30. The van der Waals surface area contributed by atoms with Crippen LogP contribution >= 0.6 is 0 Å². The number of pyridine rings is 1. The molecule has 3 heterocycles. The topological polar surface area (TPSA) is 67.2 Å². The van der Waals surface area contributed by atoms with E-state index in [0.717, 1.165) is 18.4 Å². The number of hydrogen-bond donors (Lipinski definition) is 2. The summed E-state index contributed by atoms with van der Waals surface area (Å²) in [7, 11) is 0. The standard InChI is InChI=1S/C14H15N3O2/c18-14(17-11-4-10-3-9(11)7-15-10)12-5-13-8(6-16-12)1-2-19-13/h1-2,5-6,9-11,15H,3-4,7H2,(H,17,18). The molecule has 3 atom stereocenters. The summed E-state index contributed by atoms with van der Waals surface area (Å²) in [5.74, 6) is 0.470. The van der Waals surface area contributed by atoms with Gasteiger partial charge in [0.05, 0.1) is 6.26 Å². The maximum atomic E-state index is 12.2. The van der Waals surface area contributed by atoms with E-state index in [0.29, 0.717) is 23.2 Å². The van der Waals surface area contributed by atoms with Gasteiger partial charge in [-0.25, -0.2) is 0 Å². The number of hydrogen-bond acceptors (Lipinski definition) is 4. The summed E-state index contributed by atoms with van der Waals surface area (Å²) in [4.78, 5) is 16.4. The van der Waals surface area contributed by atoms with E-state index < -0.39 is 0 Å². The molecule has 19 heavy (non-hydrogen) atoms. The van der Waals surface area contributed by atoms with E-state index in [1.807, 2.05) is 6.07 Å². The quantitative estimate of drug-likeness (QED) is 0.851. The highest BCUT2D eigenvalue weighted by Gasteiger charge is 2.40. The Labute approximate surface area is 110 Å². The molecule has 0 aromatic carbocycles. The average molecular weight is 257 g/mol. The van der Waals surface area contributed by atoms with Crippen LogP contribution < -0.4 is 10.6 Å². The fourth-order valence-electron chi connectivity index (χ4n) is 3.23. The maximum Gasteiger partial charge on any atom is 0.270 e. The summed E-state index contributed by atoms with van der Waals surface area (Å²) in [6.45, 7) is 1.01. The summed E-state index contributed by atoms with van der Waals surface area (Å²) in [5.41, 5.74) is 1.13. The average Bonchev–Trinajstić information content (AvgIpc) is 3.13. The van der Waals surface area contributed by atoms with Gasteiger partial charge in [0.1, 0.15) is 11.3 Å². The van der Waals surface area contributed by atoms with Gasteiger partial charge < -0.3 is 15.1 Å². The van der Waals surface area contributed by atoms with Crippen molar-refractivity contribution in [2.45, 2.75) is 24.9 Å². The van der Waals surface area contributed by atoms with Crippen LogP contribution in [0.4, 0.5) is 0 Å². The largest absolute Gasteiger partial charge is 0.464 e. The molecule has 98 valence electrons. The minimum Gasteiger partial charge on any atom is -0.464 e. The second-order valence-electron chi connectivity index (χ2n) is 5.44.